The smallest absolute Gasteiger partial charge is 0.239 e. The lowest BCUT2D eigenvalue weighted by Crippen LogP contribution is -2.45. The fourth-order valence-corrected chi connectivity index (χ4v) is 3.37. The highest BCUT2D eigenvalue weighted by Gasteiger charge is 2.18. The van der Waals surface area contributed by atoms with Gasteiger partial charge in [0.25, 0.3) is 0 Å². The van der Waals surface area contributed by atoms with Crippen molar-refractivity contribution in [2.24, 2.45) is 0 Å². The number of nitrogens with one attached hydrogen (secondary N) is 2. The number of carbonyl (C=O) groups excluding carboxylic acids is 1. The number of hydrogen-bond acceptors (Lipinski definition) is 6. The monoisotopic (exact) mass is 390 g/mol. The lowest BCUT2D eigenvalue weighted by atomic mass is 10.2. The Labute approximate surface area is 170 Å². The molecule has 0 unspecified atom stereocenters. The van der Waals surface area contributed by atoms with Gasteiger partial charge in [-0.3, -0.25) is 4.79 Å². The van der Waals surface area contributed by atoms with E-state index in [9.17, 15) is 4.79 Å². The number of carbonyl (C=O) groups is 1. The van der Waals surface area contributed by atoms with Crippen molar-refractivity contribution < 1.29 is 4.79 Å². The molecule has 150 valence electrons. The van der Waals surface area contributed by atoms with Gasteiger partial charge in [-0.15, -0.1) is 0 Å². The molecule has 0 aliphatic carbocycles. The van der Waals surface area contributed by atoms with Crippen molar-refractivity contribution in [1.29, 1.82) is 0 Å². The second-order valence-electron chi connectivity index (χ2n) is 7.30. The van der Waals surface area contributed by atoms with E-state index in [0.29, 0.717) is 18.3 Å². The second-order valence-corrected chi connectivity index (χ2v) is 7.30. The molecule has 2 aromatic carbocycles. The van der Waals surface area contributed by atoms with E-state index in [1.54, 1.807) is 0 Å². The largest absolute Gasteiger partial charge is 0.360 e. The Morgan fingerprint density at radius 3 is 2.48 bits per heavy atom. The average Bonchev–Trinajstić information content (AvgIpc) is 2.77. The molecule has 0 radical (unpaired) electrons. The van der Waals surface area contributed by atoms with E-state index in [-0.39, 0.29) is 12.5 Å². The number of piperazine rings is 1. The highest BCUT2D eigenvalue weighted by Crippen LogP contribution is 2.23. The Hall–Kier alpha value is -3.19. The molecule has 0 bridgehead atoms. The van der Waals surface area contributed by atoms with Crippen LogP contribution in [0.5, 0.6) is 0 Å². The standard InChI is InChI=1S/C22H26N6O/c1-27-11-13-28(14-12-27)22-25-19-10-6-5-9-18(19)21(26-22)24-16-20(29)23-15-17-7-3-2-4-8-17/h2-10H,11-16H2,1H3,(H,23,29)(H,24,25,26). The summed E-state index contributed by atoms with van der Waals surface area (Å²) in [4.78, 5) is 26.3. The number of anilines is 2. The number of likely N-dealkylation sites (N-methyl/N-ethyl adjacent to an activating group) is 1. The molecule has 4 rings (SSSR count). The van der Waals surface area contributed by atoms with Gasteiger partial charge in [-0.25, -0.2) is 4.98 Å². The number of nitrogens with zero attached hydrogens (tertiary/aromatic N) is 4. The number of aromatic nitrogens is 2. The van der Waals surface area contributed by atoms with E-state index in [1.165, 1.54) is 0 Å². The summed E-state index contributed by atoms with van der Waals surface area (Å²) in [5.41, 5.74) is 1.95. The Morgan fingerprint density at radius 1 is 0.966 bits per heavy atom. The molecule has 2 N–H and O–H groups in total. The highest BCUT2D eigenvalue weighted by atomic mass is 16.1. The van der Waals surface area contributed by atoms with E-state index in [4.69, 9.17) is 9.97 Å². The Bertz CT molecular complexity index is 969. The maximum Gasteiger partial charge on any atom is 0.239 e. The molecule has 7 nitrogen and oxygen atoms in total. The molecule has 1 aliphatic heterocycles. The van der Waals surface area contributed by atoms with Crippen LogP contribution in [0, 0.1) is 0 Å². The van der Waals surface area contributed by atoms with Crippen LogP contribution in [0.2, 0.25) is 0 Å². The molecule has 1 saturated heterocycles. The van der Waals surface area contributed by atoms with Crippen molar-refractivity contribution in [3.8, 4) is 0 Å². The quantitative estimate of drug-likeness (QED) is 0.672. The van der Waals surface area contributed by atoms with E-state index in [2.05, 4.69) is 27.5 Å². The summed E-state index contributed by atoms with van der Waals surface area (Å²) < 4.78 is 0. The molecule has 1 fully saturated rings. The molecule has 0 atom stereocenters. The molecule has 0 saturated carbocycles. The van der Waals surface area contributed by atoms with Crippen LogP contribution in [0.4, 0.5) is 11.8 Å². The van der Waals surface area contributed by atoms with Crippen molar-refractivity contribution in [2.45, 2.75) is 6.54 Å². The number of fused-ring (bicyclic) bond motifs is 1. The van der Waals surface area contributed by atoms with E-state index < -0.39 is 0 Å². The summed E-state index contributed by atoms with van der Waals surface area (Å²) in [5, 5.41) is 7.07. The van der Waals surface area contributed by atoms with Crippen LogP contribution >= 0.6 is 0 Å². The zero-order chi connectivity index (χ0) is 20.1. The maximum atomic E-state index is 12.3. The first kappa shape index (κ1) is 19.1. The van der Waals surface area contributed by atoms with Gasteiger partial charge in [-0.05, 0) is 24.7 Å². The summed E-state index contributed by atoms with van der Waals surface area (Å²) in [6.45, 7) is 4.44. The minimum absolute atomic E-state index is 0.0716. The van der Waals surface area contributed by atoms with Gasteiger partial charge < -0.3 is 20.4 Å². The van der Waals surface area contributed by atoms with Gasteiger partial charge >= 0.3 is 0 Å². The fourth-order valence-electron chi connectivity index (χ4n) is 3.37. The molecular weight excluding hydrogens is 364 g/mol. The molecule has 2 heterocycles. The Balaban J connectivity index is 1.46. The topological polar surface area (TPSA) is 73.4 Å². The van der Waals surface area contributed by atoms with Crippen LogP contribution in [0.15, 0.2) is 54.6 Å². The number of amides is 1. The van der Waals surface area contributed by atoms with Gasteiger partial charge in [0.1, 0.15) is 5.82 Å². The van der Waals surface area contributed by atoms with Gasteiger partial charge in [0.15, 0.2) is 0 Å². The summed E-state index contributed by atoms with van der Waals surface area (Å²) in [5.74, 6) is 1.33. The second kappa shape index (κ2) is 8.87. The van der Waals surface area contributed by atoms with Gasteiger partial charge in [-0.2, -0.15) is 4.98 Å². The van der Waals surface area contributed by atoms with E-state index in [0.717, 1.165) is 42.6 Å². The third-order valence-corrected chi connectivity index (χ3v) is 5.13. The third kappa shape index (κ3) is 4.81. The normalized spacial score (nSPS) is 14.7. The first-order chi connectivity index (χ1) is 14.2. The van der Waals surface area contributed by atoms with Gasteiger partial charge in [0.2, 0.25) is 11.9 Å². The Kier molecular flexibility index (Phi) is 5.86. The zero-order valence-corrected chi connectivity index (χ0v) is 16.6. The molecule has 29 heavy (non-hydrogen) atoms. The van der Waals surface area contributed by atoms with E-state index >= 15 is 0 Å². The van der Waals surface area contributed by atoms with Crippen molar-refractivity contribution in [2.75, 3.05) is 50.0 Å². The maximum absolute atomic E-state index is 12.3. The Morgan fingerprint density at radius 2 is 1.69 bits per heavy atom. The summed E-state index contributed by atoms with van der Waals surface area (Å²) in [7, 11) is 2.12. The van der Waals surface area contributed by atoms with Gasteiger partial charge in [-0.1, -0.05) is 42.5 Å². The minimum Gasteiger partial charge on any atom is -0.360 e. The van der Waals surface area contributed by atoms with Gasteiger partial charge in [0, 0.05) is 38.1 Å². The summed E-state index contributed by atoms with van der Waals surface area (Å²) in [6, 6.07) is 17.8. The number of para-hydroxylation sites is 1. The lowest BCUT2D eigenvalue weighted by Gasteiger charge is -2.32. The first-order valence-corrected chi connectivity index (χ1v) is 9.94. The fraction of sp³-hybridized carbons (Fsp3) is 0.318. The molecule has 1 amide bonds. The molecule has 7 heteroatoms. The van der Waals surface area contributed by atoms with Crippen LogP contribution in [-0.4, -0.2) is 60.5 Å². The van der Waals surface area contributed by atoms with Crippen molar-refractivity contribution >= 4 is 28.6 Å². The average molecular weight is 390 g/mol. The molecule has 3 aromatic rings. The van der Waals surface area contributed by atoms with Crippen molar-refractivity contribution in [3.63, 3.8) is 0 Å². The molecule has 1 aliphatic rings. The van der Waals surface area contributed by atoms with Gasteiger partial charge in [0.05, 0.1) is 12.1 Å². The molecule has 0 spiro atoms. The van der Waals surface area contributed by atoms with Crippen molar-refractivity contribution in [1.82, 2.24) is 20.2 Å². The van der Waals surface area contributed by atoms with Crippen molar-refractivity contribution in [3.05, 3.63) is 60.2 Å². The minimum atomic E-state index is -0.0716. The number of rotatable bonds is 6. The first-order valence-electron chi connectivity index (χ1n) is 9.94. The summed E-state index contributed by atoms with van der Waals surface area (Å²) >= 11 is 0. The van der Waals surface area contributed by atoms with Crippen LogP contribution in [0.25, 0.3) is 10.9 Å². The number of hydrogen-bond donors (Lipinski definition) is 2. The number of benzene rings is 2. The lowest BCUT2D eigenvalue weighted by molar-refractivity contribution is -0.119. The zero-order valence-electron chi connectivity index (χ0n) is 16.6. The third-order valence-electron chi connectivity index (χ3n) is 5.13. The molecular formula is C22H26N6O. The van der Waals surface area contributed by atoms with Crippen LogP contribution in [0.3, 0.4) is 0 Å². The van der Waals surface area contributed by atoms with Crippen LogP contribution < -0.4 is 15.5 Å². The summed E-state index contributed by atoms with van der Waals surface area (Å²) in [6.07, 6.45) is 0. The van der Waals surface area contributed by atoms with E-state index in [1.807, 2.05) is 54.6 Å². The highest BCUT2D eigenvalue weighted by molar-refractivity contribution is 5.91. The predicted octanol–water partition coefficient (Wildman–Crippen LogP) is 2.11. The predicted molar refractivity (Wildman–Crippen MR) is 116 cm³/mol. The van der Waals surface area contributed by atoms with Crippen LogP contribution in [0.1, 0.15) is 5.56 Å². The van der Waals surface area contributed by atoms with Crippen LogP contribution in [-0.2, 0) is 11.3 Å². The SMILES string of the molecule is CN1CCN(c2nc(NCC(=O)NCc3ccccc3)c3ccccc3n2)CC1. The molecule has 1 aromatic heterocycles.